The SMILES string of the molecule is CCN(C)CCNc1nc(NC)ncc1F. The Balaban J connectivity index is 2.52. The van der Waals surface area contributed by atoms with Gasteiger partial charge in [-0.25, -0.2) is 9.37 Å². The lowest BCUT2D eigenvalue weighted by atomic mass is 10.5. The number of aromatic nitrogens is 2. The average Bonchev–Trinajstić information content (AvgIpc) is 2.31. The van der Waals surface area contributed by atoms with Crippen molar-refractivity contribution in [3.8, 4) is 0 Å². The third kappa shape index (κ3) is 3.62. The van der Waals surface area contributed by atoms with E-state index < -0.39 is 5.82 Å². The molecule has 16 heavy (non-hydrogen) atoms. The molecule has 0 bridgehead atoms. The molecule has 0 unspecified atom stereocenters. The van der Waals surface area contributed by atoms with E-state index in [2.05, 4.69) is 32.4 Å². The number of anilines is 2. The zero-order chi connectivity index (χ0) is 12.0. The summed E-state index contributed by atoms with van der Waals surface area (Å²) in [7, 11) is 3.71. The number of halogens is 1. The molecule has 0 aliphatic heterocycles. The van der Waals surface area contributed by atoms with E-state index in [-0.39, 0.29) is 5.82 Å². The quantitative estimate of drug-likeness (QED) is 0.760. The molecule has 0 saturated carbocycles. The van der Waals surface area contributed by atoms with Crippen LogP contribution in [0.15, 0.2) is 6.20 Å². The fraction of sp³-hybridized carbons (Fsp3) is 0.600. The van der Waals surface area contributed by atoms with Crippen LogP contribution in [0.1, 0.15) is 6.92 Å². The molecule has 6 heteroatoms. The van der Waals surface area contributed by atoms with Gasteiger partial charge in [0.25, 0.3) is 0 Å². The summed E-state index contributed by atoms with van der Waals surface area (Å²) in [5, 5.41) is 5.71. The Morgan fingerprint density at radius 3 is 2.88 bits per heavy atom. The maximum Gasteiger partial charge on any atom is 0.224 e. The highest BCUT2D eigenvalue weighted by molar-refractivity contribution is 5.40. The first kappa shape index (κ1) is 12.6. The highest BCUT2D eigenvalue weighted by atomic mass is 19.1. The minimum atomic E-state index is -0.432. The highest BCUT2D eigenvalue weighted by Gasteiger charge is 2.05. The van der Waals surface area contributed by atoms with Crippen LogP contribution in [0.4, 0.5) is 16.2 Å². The Hall–Kier alpha value is -1.43. The predicted octanol–water partition coefficient (Wildman–Crippen LogP) is 1.02. The molecule has 1 rings (SSSR count). The second kappa shape index (κ2) is 6.22. The molecule has 90 valence electrons. The average molecular weight is 227 g/mol. The van der Waals surface area contributed by atoms with Crippen molar-refractivity contribution in [1.82, 2.24) is 14.9 Å². The molecule has 0 atom stereocenters. The van der Waals surface area contributed by atoms with Crippen molar-refractivity contribution in [1.29, 1.82) is 0 Å². The highest BCUT2D eigenvalue weighted by Crippen LogP contribution is 2.10. The molecule has 1 heterocycles. The molecule has 2 N–H and O–H groups in total. The van der Waals surface area contributed by atoms with Crippen molar-refractivity contribution in [3.63, 3.8) is 0 Å². The van der Waals surface area contributed by atoms with E-state index in [1.807, 2.05) is 7.05 Å². The van der Waals surface area contributed by atoms with Gasteiger partial charge in [-0.15, -0.1) is 0 Å². The topological polar surface area (TPSA) is 53.1 Å². The third-order valence-corrected chi connectivity index (χ3v) is 2.29. The maximum absolute atomic E-state index is 13.3. The van der Waals surface area contributed by atoms with Crippen LogP contribution in [0.2, 0.25) is 0 Å². The van der Waals surface area contributed by atoms with Crippen LogP contribution in [-0.2, 0) is 0 Å². The summed E-state index contributed by atoms with van der Waals surface area (Å²) < 4.78 is 13.3. The second-order valence-electron chi connectivity index (χ2n) is 3.46. The van der Waals surface area contributed by atoms with Gasteiger partial charge in [-0.05, 0) is 13.6 Å². The van der Waals surface area contributed by atoms with E-state index in [0.29, 0.717) is 12.5 Å². The van der Waals surface area contributed by atoms with Gasteiger partial charge in [-0.1, -0.05) is 6.92 Å². The van der Waals surface area contributed by atoms with Crippen LogP contribution in [-0.4, -0.2) is 48.6 Å². The fourth-order valence-electron chi connectivity index (χ4n) is 1.13. The molecule has 5 nitrogen and oxygen atoms in total. The molecule has 1 aromatic heterocycles. The van der Waals surface area contributed by atoms with Gasteiger partial charge < -0.3 is 15.5 Å². The minimum Gasteiger partial charge on any atom is -0.366 e. The minimum absolute atomic E-state index is 0.240. The molecular formula is C10H18FN5. The summed E-state index contributed by atoms with van der Waals surface area (Å²) in [5.41, 5.74) is 0. The third-order valence-electron chi connectivity index (χ3n) is 2.29. The van der Waals surface area contributed by atoms with E-state index in [0.717, 1.165) is 19.3 Å². The van der Waals surface area contributed by atoms with Gasteiger partial charge in [-0.2, -0.15) is 4.98 Å². The van der Waals surface area contributed by atoms with E-state index in [1.165, 1.54) is 0 Å². The lowest BCUT2D eigenvalue weighted by molar-refractivity contribution is 0.366. The Bertz CT molecular complexity index is 331. The Labute approximate surface area is 95.1 Å². The van der Waals surface area contributed by atoms with Crippen molar-refractivity contribution in [2.45, 2.75) is 6.92 Å². The van der Waals surface area contributed by atoms with Gasteiger partial charge in [0.05, 0.1) is 6.20 Å². The van der Waals surface area contributed by atoms with Gasteiger partial charge in [0, 0.05) is 20.1 Å². The van der Waals surface area contributed by atoms with Crippen molar-refractivity contribution >= 4 is 11.8 Å². The Morgan fingerprint density at radius 2 is 2.25 bits per heavy atom. The first-order chi connectivity index (χ1) is 7.67. The summed E-state index contributed by atoms with van der Waals surface area (Å²) >= 11 is 0. The molecule has 0 saturated heterocycles. The van der Waals surface area contributed by atoms with E-state index >= 15 is 0 Å². The zero-order valence-corrected chi connectivity index (χ0v) is 9.92. The smallest absolute Gasteiger partial charge is 0.224 e. The van der Waals surface area contributed by atoms with Gasteiger partial charge in [0.1, 0.15) is 0 Å². The monoisotopic (exact) mass is 227 g/mol. The Morgan fingerprint density at radius 1 is 1.50 bits per heavy atom. The number of hydrogen-bond acceptors (Lipinski definition) is 5. The van der Waals surface area contributed by atoms with E-state index in [1.54, 1.807) is 7.05 Å². The Kier molecular flexibility index (Phi) is 4.91. The van der Waals surface area contributed by atoms with Crippen molar-refractivity contribution in [2.75, 3.05) is 44.4 Å². The summed E-state index contributed by atoms with van der Waals surface area (Å²) in [5.74, 6) is 0.217. The van der Waals surface area contributed by atoms with Crippen LogP contribution in [0.5, 0.6) is 0 Å². The molecule has 0 amide bonds. The largest absolute Gasteiger partial charge is 0.366 e. The molecule has 0 fully saturated rings. The molecular weight excluding hydrogens is 209 g/mol. The molecule has 0 aliphatic carbocycles. The molecule has 1 aromatic rings. The van der Waals surface area contributed by atoms with Gasteiger partial charge >= 0.3 is 0 Å². The lowest BCUT2D eigenvalue weighted by Crippen LogP contribution is -2.25. The van der Waals surface area contributed by atoms with Gasteiger partial charge in [-0.3, -0.25) is 0 Å². The van der Waals surface area contributed by atoms with E-state index in [9.17, 15) is 4.39 Å². The first-order valence-corrected chi connectivity index (χ1v) is 5.30. The van der Waals surface area contributed by atoms with Crippen molar-refractivity contribution < 1.29 is 4.39 Å². The second-order valence-corrected chi connectivity index (χ2v) is 3.46. The molecule has 0 spiro atoms. The first-order valence-electron chi connectivity index (χ1n) is 5.30. The summed E-state index contributed by atoms with van der Waals surface area (Å²) in [6.07, 6.45) is 1.16. The van der Waals surface area contributed by atoms with Crippen LogP contribution < -0.4 is 10.6 Å². The lowest BCUT2D eigenvalue weighted by Gasteiger charge is -2.14. The fourth-order valence-corrected chi connectivity index (χ4v) is 1.13. The van der Waals surface area contributed by atoms with Crippen LogP contribution in [0, 0.1) is 5.82 Å². The molecule has 0 aromatic carbocycles. The van der Waals surface area contributed by atoms with Crippen molar-refractivity contribution in [3.05, 3.63) is 12.0 Å². The summed E-state index contributed by atoms with van der Waals surface area (Å²) in [4.78, 5) is 9.89. The van der Waals surface area contributed by atoms with Gasteiger partial charge in [0.15, 0.2) is 11.6 Å². The van der Waals surface area contributed by atoms with Crippen LogP contribution >= 0.6 is 0 Å². The van der Waals surface area contributed by atoms with Crippen molar-refractivity contribution in [2.24, 2.45) is 0 Å². The maximum atomic E-state index is 13.3. The number of nitrogens with zero attached hydrogens (tertiary/aromatic N) is 3. The number of hydrogen-bond donors (Lipinski definition) is 2. The number of nitrogens with one attached hydrogen (secondary N) is 2. The standard InChI is InChI=1S/C10H18FN5/c1-4-16(3)6-5-13-9-8(11)7-14-10(12-2)15-9/h7H,4-6H2,1-3H3,(H2,12,13,14,15). The zero-order valence-electron chi connectivity index (χ0n) is 9.92. The summed E-state index contributed by atoms with van der Waals surface area (Å²) in [6.45, 7) is 4.54. The van der Waals surface area contributed by atoms with Crippen LogP contribution in [0.3, 0.4) is 0 Å². The van der Waals surface area contributed by atoms with Crippen LogP contribution in [0.25, 0.3) is 0 Å². The number of rotatable bonds is 6. The van der Waals surface area contributed by atoms with E-state index in [4.69, 9.17) is 0 Å². The molecule has 0 radical (unpaired) electrons. The predicted molar refractivity (Wildman–Crippen MR) is 63.2 cm³/mol. The van der Waals surface area contributed by atoms with Gasteiger partial charge in [0.2, 0.25) is 5.95 Å². The number of likely N-dealkylation sites (N-methyl/N-ethyl adjacent to an activating group) is 1. The normalized spacial score (nSPS) is 10.6. The summed E-state index contributed by atoms with van der Waals surface area (Å²) in [6, 6.07) is 0. The molecule has 0 aliphatic rings.